The van der Waals surface area contributed by atoms with Gasteiger partial charge >= 0.3 is 0 Å². The third-order valence-corrected chi connectivity index (χ3v) is 6.57. The molecule has 7 heteroatoms. The van der Waals surface area contributed by atoms with Gasteiger partial charge in [-0.15, -0.1) is 11.3 Å². The summed E-state index contributed by atoms with van der Waals surface area (Å²) in [5, 5.41) is 2.84. The molecule has 0 aliphatic carbocycles. The minimum Gasteiger partial charge on any atom is -0.489 e. The molecule has 154 valence electrons. The van der Waals surface area contributed by atoms with Crippen molar-refractivity contribution in [3.05, 3.63) is 51.4 Å². The fraction of sp³-hybridized carbons (Fsp3) is 0.364. The van der Waals surface area contributed by atoms with E-state index >= 15 is 0 Å². The second-order valence-electron chi connectivity index (χ2n) is 6.82. The molecular formula is C22H26BrN3O2S. The van der Waals surface area contributed by atoms with E-state index in [1.165, 1.54) is 11.3 Å². The molecule has 2 aromatic heterocycles. The van der Waals surface area contributed by atoms with E-state index in [-0.39, 0.29) is 5.78 Å². The van der Waals surface area contributed by atoms with Gasteiger partial charge in [-0.1, -0.05) is 29.8 Å². The first-order valence-corrected chi connectivity index (χ1v) is 11.5. The molecule has 0 radical (unpaired) electrons. The molecule has 5 nitrogen and oxygen atoms in total. The fourth-order valence-corrected chi connectivity index (χ4v) is 4.62. The molecule has 0 unspecified atom stereocenters. The number of hydrogen-bond donors (Lipinski definition) is 1. The quantitative estimate of drug-likeness (QED) is 0.390. The van der Waals surface area contributed by atoms with E-state index in [0.29, 0.717) is 24.4 Å². The summed E-state index contributed by atoms with van der Waals surface area (Å²) in [6.07, 6.45) is 2.98. The molecule has 2 heterocycles. The summed E-state index contributed by atoms with van der Waals surface area (Å²) >= 11 is 4.95. The zero-order valence-electron chi connectivity index (χ0n) is 16.8. The summed E-state index contributed by atoms with van der Waals surface area (Å²) in [7, 11) is 0. The van der Waals surface area contributed by atoms with Gasteiger partial charge in [-0.05, 0) is 55.7 Å². The maximum absolute atomic E-state index is 12.8. The number of anilines is 1. The summed E-state index contributed by atoms with van der Waals surface area (Å²) in [6.45, 7) is 7.61. The number of hydrogen-bond acceptors (Lipinski definition) is 6. The van der Waals surface area contributed by atoms with Gasteiger partial charge in [-0.2, -0.15) is 0 Å². The van der Waals surface area contributed by atoms with Crippen molar-refractivity contribution in [1.82, 2.24) is 9.88 Å². The van der Waals surface area contributed by atoms with Crippen LogP contribution in [0.5, 0.6) is 5.75 Å². The third-order valence-electron chi connectivity index (χ3n) is 4.98. The van der Waals surface area contributed by atoms with Crippen LogP contribution in [0.3, 0.4) is 0 Å². The minimum absolute atomic E-state index is 0.122. The molecule has 0 fully saturated rings. The highest BCUT2D eigenvalue weighted by Crippen LogP contribution is 2.34. The summed E-state index contributed by atoms with van der Waals surface area (Å²) in [5.41, 5.74) is 7.77. The standard InChI is InChI=1S/C22H26BrN3O2S/c1-3-26(4-2)11-5-6-19(27)18-12-25-22(24)20-15(14-29-21(18)20)13-28-17-9-7-16(23)8-10-17/h7-10,12,14H,3-6,11,13H2,1-2H3,(H2,24,25). The molecule has 29 heavy (non-hydrogen) atoms. The SMILES string of the molecule is CCN(CC)CCCC(=O)c1cnc(N)c2c(COc3ccc(Br)cc3)csc12. The summed E-state index contributed by atoms with van der Waals surface area (Å²) in [5.74, 6) is 1.34. The number of thiophene rings is 1. The Morgan fingerprint density at radius 2 is 1.97 bits per heavy atom. The molecule has 0 bridgehead atoms. The van der Waals surface area contributed by atoms with Gasteiger partial charge in [-0.3, -0.25) is 4.79 Å². The van der Waals surface area contributed by atoms with Crippen molar-refractivity contribution in [1.29, 1.82) is 0 Å². The number of fused-ring (bicyclic) bond motifs is 1. The van der Waals surface area contributed by atoms with Gasteiger partial charge in [0, 0.05) is 28.0 Å². The van der Waals surface area contributed by atoms with Crippen molar-refractivity contribution in [3.63, 3.8) is 0 Å². The molecule has 0 spiro atoms. The molecule has 0 aliphatic heterocycles. The predicted molar refractivity (Wildman–Crippen MR) is 124 cm³/mol. The minimum atomic E-state index is 0.122. The van der Waals surface area contributed by atoms with E-state index in [1.807, 2.05) is 29.6 Å². The lowest BCUT2D eigenvalue weighted by Crippen LogP contribution is -2.24. The first kappa shape index (κ1) is 21.7. The number of nitrogens with zero attached hydrogens (tertiary/aromatic N) is 2. The second kappa shape index (κ2) is 10.2. The monoisotopic (exact) mass is 475 g/mol. The van der Waals surface area contributed by atoms with Gasteiger partial charge in [0.05, 0.1) is 10.3 Å². The number of nitrogen functional groups attached to an aromatic ring is 1. The average Bonchev–Trinajstić information content (AvgIpc) is 3.16. The van der Waals surface area contributed by atoms with E-state index < -0.39 is 0 Å². The van der Waals surface area contributed by atoms with Crippen LogP contribution in [0.2, 0.25) is 0 Å². The average molecular weight is 476 g/mol. The first-order valence-electron chi connectivity index (χ1n) is 9.81. The van der Waals surface area contributed by atoms with Crippen LogP contribution in [0.4, 0.5) is 5.82 Å². The van der Waals surface area contributed by atoms with Crippen molar-refractivity contribution in [3.8, 4) is 5.75 Å². The van der Waals surface area contributed by atoms with Gasteiger partial charge in [0.25, 0.3) is 0 Å². The van der Waals surface area contributed by atoms with Crippen LogP contribution in [0.15, 0.2) is 40.3 Å². The lowest BCUT2D eigenvalue weighted by atomic mass is 10.1. The van der Waals surface area contributed by atoms with Crippen molar-refractivity contribution in [2.24, 2.45) is 0 Å². The number of Topliss-reactive ketones (excluding diaryl/α,β-unsaturated/α-hetero) is 1. The van der Waals surface area contributed by atoms with Crippen LogP contribution in [0.25, 0.3) is 10.1 Å². The number of ether oxygens (including phenoxy) is 1. The lowest BCUT2D eigenvalue weighted by molar-refractivity contribution is 0.0976. The largest absolute Gasteiger partial charge is 0.489 e. The molecular weight excluding hydrogens is 450 g/mol. The summed E-state index contributed by atoms with van der Waals surface area (Å²) in [6, 6.07) is 7.69. The second-order valence-corrected chi connectivity index (χ2v) is 8.61. The number of rotatable bonds is 10. The molecule has 0 aliphatic rings. The Balaban J connectivity index is 1.74. The lowest BCUT2D eigenvalue weighted by Gasteiger charge is -2.17. The predicted octanol–water partition coefficient (Wildman–Crippen LogP) is 5.52. The van der Waals surface area contributed by atoms with E-state index in [1.54, 1.807) is 6.20 Å². The summed E-state index contributed by atoms with van der Waals surface area (Å²) in [4.78, 5) is 19.4. The van der Waals surface area contributed by atoms with Crippen LogP contribution in [0, 0.1) is 0 Å². The fourth-order valence-electron chi connectivity index (χ4n) is 3.26. The zero-order valence-corrected chi connectivity index (χ0v) is 19.2. The molecule has 3 rings (SSSR count). The number of pyridine rings is 1. The number of benzene rings is 1. The number of carbonyl (C=O) groups excluding carboxylic acids is 1. The van der Waals surface area contributed by atoms with Gasteiger partial charge < -0.3 is 15.4 Å². The van der Waals surface area contributed by atoms with E-state index in [2.05, 4.69) is 39.7 Å². The molecule has 0 saturated carbocycles. The Bertz CT molecular complexity index is 968. The van der Waals surface area contributed by atoms with Gasteiger partial charge in [-0.25, -0.2) is 4.98 Å². The number of aromatic nitrogens is 1. The maximum atomic E-state index is 12.8. The number of carbonyl (C=O) groups is 1. The highest BCUT2D eigenvalue weighted by Gasteiger charge is 2.17. The van der Waals surface area contributed by atoms with Crippen LogP contribution in [-0.4, -0.2) is 35.3 Å². The Kier molecular flexibility index (Phi) is 7.64. The Hall–Kier alpha value is -1.96. The molecule has 0 saturated heterocycles. The molecule has 1 aromatic carbocycles. The van der Waals surface area contributed by atoms with Crippen molar-refractivity contribution in [2.75, 3.05) is 25.4 Å². The number of halogens is 1. The van der Waals surface area contributed by atoms with Gasteiger partial charge in [0.2, 0.25) is 0 Å². The normalized spacial score (nSPS) is 11.3. The van der Waals surface area contributed by atoms with Gasteiger partial charge in [0.15, 0.2) is 5.78 Å². The zero-order chi connectivity index (χ0) is 20.8. The molecule has 0 amide bonds. The van der Waals surface area contributed by atoms with Crippen LogP contribution < -0.4 is 10.5 Å². The smallest absolute Gasteiger partial charge is 0.165 e. The van der Waals surface area contributed by atoms with Crippen molar-refractivity contribution < 1.29 is 9.53 Å². The maximum Gasteiger partial charge on any atom is 0.165 e. The van der Waals surface area contributed by atoms with Crippen LogP contribution >= 0.6 is 27.3 Å². The van der Waals surface area contributed by atoms with E-state index in [9.17, 15) is 4.79 Å². The van der Waals surface area contributed by atoms with Crippen LogP contribution in [0.1, 0.15) is 42.6 Å². The highest BCUT2D eigenvalue weighted by molar-refractivity contribution is 9.10. The first-order chi connectivity index (χ1) is 14.0. The number of ketones is 1. The van der Waals surface area contributed by atoms with Crippen molar-refractivity contribution in [2.45, 2.75) is 33.3 Å². The topological polar surface area (TPSA) is 68.5 Å². The molecule has 2 N–H and O–H groups in total. The van der Waals surface area contributed by atoms with Gasteiger partial charge in [0.1, 0.15) is 18.2 Å². The Labute approximate surface area is 184 Å². The van der Waals surface area contributed by atoms with Crippen molar-refractivity contribution >= 4 is 49.0 Å². The Morgan fingerprint density at radius 1 is 1.24 bits per heavy atom. The molecule has 0 atom stereocenters. The van der Waals surface area contributed by atoms with E-state index in [4.69, 9.17) is 10.5 Å². The Morgan fingerprint density at radius 3 is 2.66 bits per heavy atom. The highest BCUT2D eigenvalue weighted by atomic mass is 79.9. The summed E-state index contributed by atoms with van der Waals surface area (Å²) < 4.78 is 7.80. The number of nitrogens with two attached hydrogens (primary N) is 1. The third kappa shape index (κ3) is 5.35. The van der Waals surface area contributed by atoms with E-state index in [0.717, 1.165) is 51.9 Å². The van der Waals surface area contributed by atoms with Crippen LogP contribution in [-0.2, 0) is 6.61 Å². The molecule has 3 aromatic rings.